The van der Waals surface area contributed by atoms with Gasteiger partial charge in [0.25, 0.3) is 0 Å². The van der Waals surface area contributed by atoms with Crippen LogP contribution in [0.15, 0.2) is 0 Å². The molecule has 1 fully saturated rings. The summed E-state index contributed by atoms with van der Waals surface area (Å²) in [6.07, 6.45) is 3.55. The molecule has 1 aromatic heterocycles. The summed E-state index contributed by atoms with van der Waals surface area (Å²) in [7, 11) is -2.91. The van der Waals surface area contributed by atoms with Crippen LogP contribution in [0.2, 0.25) is 0 Å². The topological polar surface area (TPSA) is 85.1 Å². The highest BCUT2D eigenvalue weighted by atomic mass is 32.2. The fraction of sp³-hybridized carbons (Fsp3) is 0.667. The summed E-state index contributed by atoms with van der Waals surface area (Å²) in [6, 6.07) is 0. The van der Waals surface area contributed by atoms with E-state index < -0.39 is 9.84 Å². The third kappa shape index (κ3) is 2.85. The van der Waals surface area contributed by atoms with E-state index in [4.69, 9.17) is 5.73 Å². The van der Waals surface area contributed by atoms with Gasteiger partial charge in [0.2, 0.25) is 0 Å². The highest BCUT2D eigenvalue weighted by Gasteiger charge is 2.30. The van der Waals surface area contributed by atoms with E-state index in [1.165, 1.54) is 17.8 Å². The SMILES string of the molecule is CS(=O)(=O)CCNc1snc(N)c1C1CC1. The number of sulfone groups is 1. The van der Waals surface area contributed by atoms with Gasteiger partial charge >= 0.3 is 0 Å². The number of aromatic nitrogens is 1. The summed E-state index contributed by atoms with van der Waals surface area (Å²) < 4.78 is 26.1. The third-order valence-corrected chi connectivity index (χ3v) is 4.28. The molecule has 90 valence electrons. The molecule has 2 rings (SSSR count). The van der Waals surface area contributed by atoms with Crippen molar-refractivity contribution in [2.75, 3.05) is 29.6 Å². The molecule has 0 radical (unpaired) electrons. The van der Waals surface area contributed by atoms with Crippen LogP contribution in [0, 0.1) is 0 Å². The molecule has 1 saturated carbocycles. The second-order valence-corrected chi connectivity index (χ2v) is 7.17. The zero-order valence-electron chi connectivity index (χ0n) is 9.06. The Balaban J connectivity index is 1.99. The monoisotopic (exact) mass is 261 g/mol. The van der Waals surface area contributed by atoms with Gasteiger partial charge < -0.3 is 11.1 Å². The average Bonchev–Trinajstić information content (AvgIpc) is 2.91. The van der Waals surface area contributed by atoms with Crippen molar-refractivity contribution in [1.29, 1.82) is 0 Å². The van der Waals surface area contributed by atoms with Gasteiger partial charge in [-0.1, -0.05) is 0 Å². The maximum absolute atomic E-state index is 11.0. The number of nitrogens with one attached hydrogen (secondary N) is 1. The number of anilines is 2. The van der Waals surface area contributed by atoms with E-state index in [0.29, 0.717) is 18.3 Å². The van der Waals surface area contributed by atoms with Crippen molar-refractivity contribution in [3.8, 4) is 0 Å². The van der Waals surface area contributed by atoms with E-state index in [1.807, 2.05) is 0 Å². The van der Waals surface area contributed by atoms with Crippen LogP contribution in [-0.2, 0) is 9.84 Å². The van der Waals surface area contributed by atoms with Gasteiger partial charge in [-0.3, -0.25) is 0 Å². The molecule has 0 unspecified atom stereocenters. The summed E-state index contributed by atoms with van der Waals surface area (Å²) in [5, 5.41) is 4.04. The fourth-order valence-electron chi connectivity index (χ4n) is 1.55. The van der Waals surface area contributed by atoms with Crippen molar-refractivity contribution in [2.24, 2.45) is 0 Å². The van der Waals surface area contributed by atoms with Crippen molar-refractivity contribution in [2.45, 2.75) is 18.8 Å². The van der Waals surface area contributed by atoms with Crippen molar-refractivity contribution in [3.63, 3.8) is 0 Å². The average molecular weight is 261 g/mol. The summed E-state index contributed by atoms with van der Waals surface area (Å²) in [5.74, 6) is 1.25. The molecule has 1 heterocycles. The lowest BCUT2D eigenvalue weighted by Gasteiger charge is -2.05. The van der Waals surface area contributed by atoms with E-state index in [-0.39, 0.29) is 5.75 Å². The molecule has 7 heteroatoms. The van der Waals surface area contributed by atoms with Crippen LogP contribution in [0.1, 0.15) is 24.3 Å². The van der Waals surface area contributed by atoms with Crippen molar-refractivity contribution < 1.29 is 8.42 Å². The zero-order chi connectivity index (χ0) is 11.8. The molecule has 0 saturated heterocycles. The van der Waals surface area contributed by atoms with Gasteiger partial charge in [0.15, 0.2) is 0 Å². The predicted octanol–water partition coefficient (Wildman–Crippen LogP) is 1.06. The largest absolute Gasteiger partial charge is 0.383 e. The van der Waals surface area contributed by atoms with Crippen LogP contribution in [0.4, 0.5) is 10.8 Å². The minimum absolute atomic E-state index is 0.134. The summed E-state index contributed by atoms with van der Waals surface area (Å²) in [6.45, 7) is 0.417. The van der Waals surface area contributed by atoms with Gasteiger partial charge in [0, 0.05) is 18.4 Å². The van der Waals surface area contributed by atoms with Crippen LogP contribution < -0.4 is 11.1 Å². The number of nitrogens with two attached hydrogens (primary N) is 1. The third-order valence-electron chi connectivity index (χ3n) is 2.50. The van der Waals surface area contributed by atoms with Crippen molar-refractivity contribution >= 4 is 32.2 Å². The van der Waals surface area contributed by atoms with Crippen LogP contribution in [0.3, 0.4) is 0 Å². The van der Waals surface area contributed by atoms with E-state index in [9.17, 15) is 8.42 Å². The molecule has 0 aromatic carbocycles. The smallest absolute Gasteiger partial charge is 0.149 e. The Morgan fingerprint density at radius 2 is 2.25 bits per heavy atom. The lowest BCUT2D eigenvalue weighted by molar-refractivity contribution is 0.602. The molecule has 5 nitrogen and oxygen atoms in total. The van der Waals surface area contributed by atoms with Crippen LogP contribution in [-0.4, -0.2) is 31.3 Å². The standard InChI is InChI=1S/C9H15N3O2S2/c1-16(13,14)5-4-11-9-7(6-2-3-6)8(10)12-15-9/h6,11H,2-5H2,1H3,(H2,10,12). The van der Waals surface area contributed by atoms with Gasteiger partial charge in [-0.05, 0) is 30.3 Å². The van der Waals surface area contributed by atoms with Crippen LogP contribution in [0.5, 0.6) is 0 Å². The summed E-state index contributed by atoms with van der Waals surface area (Å²) in [4.78, 5) is 0. The molecule has 0 bridgehead atoms. The highest BCUT2D eigenvalue weighted by molar-refractivity contribution is 7.90. The lowest BCUT2D eigenvalue weighted by Crippen LogP contribution is -2.14. The lowest BCUT2D eigenvalue weighted by atomic mass is 10.2. The Kier molecular flexibility index (Phi) is 3.07. The number of hydrogen-bond donors (Lipinski definition) is 2. The summed E-state index contributed by atoms with van der Waals surface area (Å²) in [5.41, 5.74) is 6.86. The maximum Gasteiger partial charge on any atom is 0.149 e. The fourth-order valence-corrected chi connectivity index (χ4v) is 2.85. The first-order chi connectivity index (χ1) is 7.47. The molecule has 0 amide bonds. The minimum Gasteiger partial charge on any atom is -0.383 e. The molecule has 1 aromatic rings. The molecule has 0 spiro atoms. The summed E-state index contributed by atoms with van der Waals surface area (Å²) >= 11 is 1.31. The minimum atomic E-state index is -2.91. The van der Waals surface area contributed by atoms with Crippen molar-refractivity contribution in [3.05, 3.63) is 5.56 Å². The Morgan fingerprint density at radius 3 is 2.81 bits per heavy atom. The normalized spacial score (nSPS) is 16.3. The Labute approximate surface area is 99.1 Å². The van der Waals surface area contributed by atoms with E-state index in [2.05, 4.69) is 9.69 Å². The second-order valence-electron chi connectivity index (χ2n) is 4.14. The van der Waals surface area contributed by atoms with E-state index >= 15 is 0 Å². The Hall–Kier alpha value is -0.820. The molecule has 0 aliphatic heterocycles. The van der Waals surface area contributed by atoms with Crippen molar-refractivity contribution in [1.82, 2.24) is 4.37 Å². The quantitative estimate of drug-likeness (QED) is 0.828. The number of hydrogen-bond acceptors (Lipinski definition) is 6. The first-order valence-corrected chi connectivity index (χ1v) is 7.97. The van der Waals surface area contributed by atoms with E-state index in [0.717, 1.165) is 23.4 Å². The van der Waals surface area contributed by atoms with Crippen LogP contribution in [0.25, 0.3) is 0 Å². The van der Waals surface area contributed by atoms with Gasteiger partial charge in [0.1, 0.15) is 20.7 Å². The molecule has 1 aliphatic carbocycles. The molecule has 3 N–H and O–H groups in total. The predicted molar refractivity (Wildman–Crippen MR) is 66.7 cm³/mol. The molecular formula is C9H15N3O2S2. The molecule has 0 atom stereocenters. The van der Waals surface area contributed by atoms with Gasteiger partial charge in [-0.25, -0.2) is 8.42 Å². The maximum atomic E-state index is 11.0. The zero-order valence-corrected chi connectivity index (χ0v) is 10.7. The Bertz CT molecular complexity index is 477. The second kappa shape index (κ2) is 4.21. The molecule has 1 aliphatic rings. The number of nitrogen functional groups attached to an aromatic ring is 1. The van der Waals surface area contributed by atoms with E-state index in [1.54, 1.807) is 0 Å². The van der Waals surface area contributed by atoms with Gasteiger partial charge in [-0.2, -0.15) is 4.37 Å². The van der Waals surface area contributed by atoms with Crippen LogP contribution >= 0.6 is 11.5 Å². The molecular weight excluding hydrogens is 246 g/mol. The first-order valence-electron chi connectivity index (χ1n) is 5.14. The van der Waals surface area contributed by atoms with Gasteiger partial charge in [0.05, 0.1) is 5.75 Å². The van der Waals surface area contributed by atoms with Gasteiger partial charge in [-0.15, -0.1) is 0 Å². The molecule has 16 heavy (non-hydrogen) atoms. The first kappa shape index (κ1) is 11.7. The number of rotatable bonds is 5. The highest BCUT2D eigenvalue weighted by Crippen LogP contribution is 2.47. The Morgan fingerprint density at radius 1 is 1.56 bits per heavy atom. The number of nitrogens with zero attached hydrogens (tertiary/aromatic N) is 1.